The first-order chi connectivity index (χ1) is 7.27. The maximum atomic E-state index is 11.7. The van der Waals surface area contributed by atoms with Gasteiger partial charge in [-0.15, -0.1) is 11.6 Å². The van der Waals surface area contributed by atoms with Crippen LogP contribution >= 0.6 is 11.6 Å². The van der Waals surface area contributed by atoms with Crippen LogP contribution in [0.25, 0.3) is 0 Å². The molecule has 0 aliphatic carbocycles. The molecule has 0 bridgehead atoms. The average molecular weight is 236 g/mol. The second-order valence-corrected chi connectivity index (χ2v) is 4.04. The summed E-state index contributed by atoms with van der Waals surface area (Å²) in [5.41, 5.74) is 0. The Morgan fingerprint density at radius 2 is 2.33 bits per heavy atom. The number of carbonyl (C=O) groups is 1. The molecular weight excluding hydrogens is 218 g/mol. The van der Waals surface area contributed by atoms with Crippen molar-refractivity contribution in [2.45, 2.75) is 25.4 Å². The summed E-state index contributed by atoms with van der Waals surface area (Å²) >= 11 is 5.54. The lowest BCUT2D eigenvalue weighted by atomic mass is 10.2. The topological polar surface area (TPSA) is 49.8 Å². The maximum Gasteiger partial charge on any atom is 0.222 e. The number of morpholine rings is 1. The van der Waals surface area contributed by atoms with Gasteiger partial charge in [-0.05, 0) is 12.8 Å². The van der Waals surface area contributed by atoms with Gasteiger partial charge < -0.3 is 14.7 Å². The van der Waals surface area contributed by atoms with Crippen molar-refractivity contribution >= 4 is 17.5 Å². The van der Waals surface area contributed by atoms with Crippen LogP contribution in [-0.4, -0.2) is 54.2 Å². The molecular formula is C10H18ClNO3. The fourth-order valence-electron chi connectivity index (χ4n) is 1.59. The quantitative estimate of drug-likeness (QED) is 0.561. The Hall–Kier alpha value is -0.320. The van der Waals surface area contributed by atoms with Crippen molar-refractivity contribution in [2.75, 3.05) is 32.2 Å². The van der Waals surface area contributed by atoms with E-state index in [2.05, 4.69) is 0 Å². The van der Waals surface area contributed by atoms with Crippen LogP contribution in [-0.2, 0) is 9.53 Å². The highest BCUT2D eigenvalue weighted by Gasteiger charge is 2.22. The maximum absolute atomic E-state index is 11.7. The molecule has 0 aromatic heterocycles. The fraction of sp³-hybridized carbons (Fsp3) is 0.900. The van der Waals surface area contributed by atoms with Crippen LogP contribution in [0, 0.1) is 0 Å². The zero-order valence-corrected chi connectivity index (χ0v) is 9.58. The van der Waals surface area contributed by atoms with Crippen molar-refractivity contribution in [3.05, 3.63) is 0 Å². The summed E-state index contributed by atoms with van der Waals surface area (Å²) in [5, 5.41) is 8.92. The molecule has 0 aromatic carbocycles. The van der Waals surface area contributed by atoms with Crippen molar-refractivity contribution in [3.63, 3.8) is 0 Å². The molecule has 88 valence electrons. The second kappa shape index (κ2) is 7.04. The van der Waals surface area contributed by atoms with E-state index in [1.54, 1.807) is 4.90 Å². The van der Waals surface area contributed by atoms with E-state index in [4.69, 9.17) is 21.4 Å². The molecule has 5 heteroatoms. The molecule has 1 saturated heterocycles. The number of alkyl halides is 1. The van der Waals surface area contributed by atoms with Gasteiger partial charge in [-0.3, -0.25) is 4.79 Å². The summed E-state index contributed by atoms with van der Waals surface area (Å²) in [6.45, 7) is 1.64. The highest BCUT2D eigenvalue weighted by atomic mass is 35.5. The Kier molecular flexibility index (Phi) is 5.98. The zero-order valence-electron chi connectivity index (χ0n) is 8.82. The fourth-order valence-corrected chi connectivity index (χ4v) is 1.77. The summed E-state index contributed by atoms with van der Waals surface area (Å²) < 4.78 is 5.27. The Bertz CT molecular complexity index is 201. The van der Waals surface area contributed by atoms with Gasteiger partial charge in [-0.25, -0.2) is 0 Å². The van der Waals surface area contributed by atoms with E-state index in [0.717, 1.165) is 12.8 Å². The molecule has 15 heavy (non-hydrogen) atoms. The molecule has 1 unspecified atom stereocenters. The Morgan fingerprint density at radius 3 is 3.00 bits per heavy atom. The van der Waals surface area contributed by atoms with Crippen LogP contribution in [0.2, 0.25) is 0 Å². The van der Waals surface area contributed by atoms with Crippen LogP contribution in [0.15, 0.2) is 0 Å². The zero-order chi connectivity index (χ0) is 11.1. The predicted molar refractivity (Wildman–Crippen MR) is 58.0 cm³/mol. The number of aliphatic hydroxyl groups is 1. The largest absolute Gasteiger partial charge is 0.394 e. The number of carbonyl (C=O) groups excluding carboxylic acids is 1. The first-order valence-corrected chi connectivity index (χ1v) is 5.87. The van der Waals surface area contributed by atoms with Crippen molar-refractivity contribution in [2.24, 2.45) is 0 Å². The normalized spacial score (nSPS) is 21.7. The van der Waals surface area contributed by atoms with E-state index in [0.29, 0.717) is 32.0 Å². The van der Waals surface area contributed by atoms with Crippen molar-refractivity contribution < 1.29 is 14.6 Å². The molecule has 0 spiro atoms. The molecule has 1 rings (SSSR count). The molecule has 0 saturated carbocycles. The van der Waals surface area contributed by atoms with Gasteiger partial charge in [-0.2, -0.15) is 0 Å². The standard InChI is InChI=1S/C10H18ClNO3/c11-4-2-1-3-10(14)12-5-6-15-9(7-12)8-13/h9,13H,1-8H2. The van der Waals surface area contributed by atoms with Gasteiger partial charge in [0.1, 0.15) is 0 Å². The van der Waals surface area contributed by atoms with Crippen molar-refractivity contribution in [3.8, 4) is 0 Å². The number of nitrogens with zero attached hydrogens (tertiary/aromatic N) is 1. The molecule has 0 aromatic rings. The van der Waals surface area contributed by atoms with E-state index >= 15 is 0 Å². The van der Waals surface area contributed by atoms with Gasteiger partial charge in [0.25, 0.3) is 0 Å². The van der Waals surface area contributed by atoms with Gasteiger partial charge in [-0.1, -0.05) is 0 Å². The number of unbranched alkanes of at least 4 members (excludes halogenated alkanes) is 1. The Labute approximate surface area is 95.2 Å². The van der Waals surface area contributed by atoms with E-state index in [-0.39, 0.29) is 18.6 Å². The number of rotatable bonds is 5. The summed E-state index contributed by atoms with van der Waals surface area (Å²) in [7, 11) is 0. The summed E-state index contributed by atoms with van der Waals surface area (Å²) in [6, 6.07) is 0. The Balaban J connectivity index is 2.25. The SMILES string of the molecule is O=C(CCCCCl)N1CCOC(CO)C1. The van der Waals surface area contributed by atoms with Crippen molar-refractivity contribution in [1.29, 1.82) is 0 Å². The van der Waals surface area contributed by atoms with E-state index in [9.17, 15) is 4.79 Å². The third-order valence-corrected chi connectivity index (χ3v) is 2.74. The van der Waals surface area contributed by atoms with Crippen molar-refractivity contribution in [1.82, 2.24) is 4.90 Å². The third kappa shape index (κ3) is 4.36. The number of hydrogen-bond donors (Lipinski definition) is 1. The van der Waals surface area contributed by atoms with Gasteiger partial charge in [0.15, 0.2) is 0 Å². The molecule has 4 nitrogen and oxygen atoms in total. The average Bonchev–Trinajstić information content (AvgIpc) is 2.29. The number of hydrogen-bond acceptors (Lipinski definition) is 3. The molecule has 0 radical (unpaired) electrons. The van der Waals surface area contributed by atoms with Crippen LogP contribution in [0.4, 0.5) is 0 Å². The number of halogens is 1. The first kappa shape index (κ1) is 12.7. The number of aliphatic hydroxyl groups excluding tert-OH is 1. The highest BCUT2D eigenvalue weighted by Crippen LogP contribution is 2.08. The van der Waals surface area contributed by atoms with E-state index in [1.165, 1.54) is 0 Å². The van der Waals surface area contributed by atoms with Gasteiger partial charge >= 0.3 is 0 Å². The number of amides is 1. The molecule has 1 atom stereocenters. The minimum absolute atomic E-state index is 0.0224. The molecule has 1 N–H and O–H groups in total. The van der Waals surface area contributed by atoms with Gasteiger partial charge in [0.05, 0.1) is 19.3 Å². The number of ether oxygens (including phenoxy) is 1. The summed E-state index contributed by atoms with van der Waals surface area (Å²) in [4.78, 5) is 13.4. The smallest absolute Gasteiger partial charge is 0.222 e. The molecule has 1 fully saturated rings. The van der Waals surface area contributed by atoms with Crippen LogP contribution in [0.1, 0.15) is 19.3 Å². The van der Waals surface area contributed by atoms with Crippen LogP contribution < -0.4 is 0 Å². The van der Waals surface area contributed by atoms with E-state index < -0.39 is 0 Å². The second-order valence-electron chi connectivity index (χ2n) is 3.66. The van der Waals surface area contributed by atoms with E-state index in [1.807, 2.05) is 0 Å². The molecule has 1 aliphatic heterocycles. The predicted octanol–water partition coefficient (Wildman–Crippen LogP) is 0.615. The Morgan fingerprint density at radius 1 is 1.53 bits per heavy atom. The first-order valence-electron chi connectivity index (χ1n) is 5.34. The van der Waals surface area contributed by atoms with Crippen LogP contribution in [0.5, 0.6) is 0 Å². The summed E-state index contributed by atoms with van der Waals surface area (Å²) in [5.74, 6) is 0.747. The van der Waals surface area contributed by atoms with Gasteiger partial charge in [0, 0.05) is 25.4 Å². The highest BCUT2D eigenvalue weighted by molar-refractivity contribution is 6.17. The lowest BCUT2D eigenvalue weighted by molar-refractivity contribution is -0.140. The van der Waals surface area contributed by atoms with Gasteiger partial charge in [0.2, 0.25) is 5.91 Å². The van der Waals surface area contributed by atoms with Crippen LogP contribution in [0.3, 0.4) is 0 Å². The molecule has 1 heterocycles. The lowest BCUT2D eigenvalue weighted by Crippen LogP contribution is -2.46. The lowest BCUT2D eigenvalue weighted by Gasteiger charge is -2.32. The minimum Gasteiger partial charge on any atom is -0.394 e. The monoisotopic (exact) mass is 235 g/mol. The minimum atomic E-state index is -0.212. The summed E-state index contributed by atoms with van der Waals surface area (Å²) in [6.07, 6.45) is 2.05. The third-order valence-electron chi connectivity index (χ3n) is 2.47. The molecule has 1 amide bonds. The molecule has 1 aliphatic rings.